The zero-order chi connectivity index (χ0) is 20.1. The van der Waals surface area contributed by atoms with Gasteiger partial charge in [0.1, 0.15) is 5.78 Å². The van der Waals surface area contributed by atoms with E-state index in [1.165, 1.54) is 7.11 Å². The summed E-state index contributed by atoms with van der Waals surface area (Å²) >= 11 is 0. The second-order valence-electron chi connectivity index (χ2n) is 7.01. The molecule has 0 bridgehead atoms. The van der Waals surface area contributed by atoms with Crippen molar-refractivity contribution in [2.24, 2.45) is 0 Å². The lowest BCUT2D eigenvalue weighted by Gasteiger charge is -2.29. The highest BCUT2D eigenvalue weighted by atomic mass is 31.2. The first-order valence-electron chi connectivity index (χ1n) is 9.25. The smallest absolute Gasteiger partial charge is 0.257 e. The molecule has 0 spiro atoms. The van der Waals surface area contributed by atoms with Crippen LogP contribution in [0.15, 0.2) is 78.9 Å². The lowest BCUT2D eigenvalue weighted by atomic mass is 10.1. The van der Waals surface area contributed by atoms with Gasteiger partial charge in [-0.05, 0) is 48.9 Å². The number of nitrogens with one attached hydrogen (secondary N) is 1. The van der Waals surface area contributed by atoms with E-state index in [1.807, 2.05) is 105 Å². The maximum Gasteiger partial charge on any atom is 0.257 e. The molecule has 0 saturated carbocycles. The number of benzene rings is 3. The molecule has 0 fully saturated rings. The molecule has 3 aromatic rings. The first-order valence-corrected chi connectivity index (χ1v) is 10.9. The summed E-state index contributed by atoms with van der Waals surface area (Å²) in [6.45, 7) is 2.04. The lowest BCUT2D eigenvalue weighted by Crippen LogP contribution is -2.20. The normalized spacial score (nSPS) is 14.1. The Labute approximate surface area is 167 Å². The van der Waals surface area contributed by atoms with Gasteiger partial charge in [0.2, 0.25) is 0 Å². The van der Waals surface area contributed by atoms with E-state index < -0.39 is 13.2 Å². The highest BCUT2D eigenvalue weighted by molar-refractivity contribution is 7.67. The van der Waals surface area contributed by atoms with E-state index in [9.17, 15) is 4.57 Å². The van der Waals surface area contributed by atoms with Crippen molar-refractivity contribution in [3.05, 3.63) is 90.0 Å². The Morgan fingerprint density at radius 2 is 1.50 bits per heavy atom. The monoisotopic (exact) mass is 394 g/mol. The van der Waals surface area contributed by atoms with Crippen molar-refractivity contribution >= 4 is 24.0 Å². The fourth-order valence-corrected chi connectivity index (χ4v) is 5.29. The van der Waals surface area contributed by atoms with E-state index >= 15 is 0 Å². The Bertz CT molecular complexity index is 939. The number of nitrogens with zero attached hydrogens (tertiary/aromatic N) is 1. The van der Waals surface area contributed by atoms with Gasteiger partial charge in [-0.1, -0.05) is 48.0 Å². The van der Waals surface area contributed by atoms with Gasteiger partial charge < -0.3 is 14.7 Å². The molecule has 28 heavy (non-hydrogen) atoms. The molecule has 3 aromatic carbocycles. The van der Waals surface area contributed by atoms with Crippen LogP contribution in [0, 0.1) is 6.92 Å². The SMILES string of the molecule is CO[P@](=O)(c1ccc(N(C)C)cc1)[C@H](Nc1ccccc1)c1ccc(C)cc1. The van der Waals surface area contributed by atoms with Crippen LogP contribution in [-0.2, 0) is 9.09 Å². The summed E-state index contributed by atoms with van der Waals surface area (Å²) in [5, 5.41) is 4.13. The van der Waals surface area contributed by atoms with Crippen LogP contribution < -0.4 is 15.5 Å². The predicted molar refractivity (Wildman–Crippen MR) is 119 cm³/mol. The number of aryl methyl sites for hydroxylation is 1. The Morgan fingerprint density at radius 3 is 2.04 bits per heavy atom. The van der Waals surface area contributed by atoms with Crippen molar-refractivity contribution in [1.82, 2.24) is 0 Å². The number of para-hydroxylation sites is 1. The van der Waals surface area contributed by atoms with Crippen molar-refractivity contribution in [3.8, 4) is 0 Å². The quantitative estimate of drug-likeness (QED) is 0.543. The third-order valence-corrected chi connectivity index (χ3v) is 7.47. The average Bonchev–Trinajstić information content (AvgIpc) is 2.73. The minimum absolute atomic E-state index is 0.495. The van der Waals surface area contributed by atoms with Gasteiger partial charge >= 0.3 is 0 Å². The third kappa shape index (κ3) is 4.30. The summed E-state index contributed by atoms with van der Waals surface area (Å²) in [6.07, 6.45) is 0. The Morgan fingerprint density at radius 1 is 0.893 bits per heavy atom. The molecule has 5 heteroatoms. The van der Waals surface area contributed by atoms with Gasteiger partial charge in [0, 0.05) is 37.9 Å². The topological polar surface area (TPSA) is 41.6 Å². The molecule has 0 heterocycles. The molecule has 0 aliphatic rings. The van der Waals surface area contributed by atoms with E-state index in [1.54, 1.807) is 0 Å². The standard InChI is InChI=1S/C23H27N2O2P/c1-18-10-12-19(13-11-18)23(24-20-8-6-5-7-9-20)28(26,27-4)22-16-14-21(15-17-22)25(2)3/h5-17,23-24H,1-4H3/t23-,28+/m0/s1. The van der Waals surface area contributed by atoms with Gasteiger partial charge in [0.15, 0.2) is 0 Å². The molecule has 0 radical (unpaired) electrons. The zero-order valence-electron chi connectivity index (χ0n) is 16.8. The van der Waals surface area contributed by atoms with E-state index in [2.05, 4.69) is 5.32 Å². The predicted octanol–water partition coefficient (Wildman–Crippen LogP) is 5.42. The maximum absolute atomic E-state index is 14.2. The summed E-state index contributed by atoms with van der Waals surface area (Å²) in [7, 11) is 2.24. The highest BCUT2D eigenvalue weighted by Crippen LogP contribution is 2.58. The molecule has 146 valence electrons. The fraction of sp³-hybridized carbons (Fsp3) is 0.217. The zero-order valence-corrected chi connectivity index (χ0v) is 17.7. The third-order valence-electron chi connectivity index (χ3n) is 4.81. The van der Waals surface area contributed by atoms with Crippen LogP contribution in [0.3, 0.4) is 0 Å². The number of anilines is 2. The molecule has 0 saturated heterocycles. The Hall–Kier alpha value is -2.55. The minimum atomic E-state index is -3.24. The summed E-state index contributed by atoms with van der Waals surface area (Å²) in [5.74, 6) is -0.495. The number of hydrogen-bond acceptors (Lipinski definition) is 4. The molecular formula is C23H27N2O2P. The van der Waals surface area contributed by atoms with Crippen molar-refractivity contribution < 1.29 is 9.09 Å². The second kappa shape index (κ2) is 8.64. The molecule has 0 aliphatic heterocycles. The lowest BCUT2D eigenvalue weighted by molar-refractivity contribution is 0.396. The van der Waals surface area contributed by atoms with Gasteiger partial charge in [-0.25, -0.2) is 0 Å². The van der Waals surface area contributed by atoms with Crippen molar-refractivity contribution in [2.75, 3.05) is 31.4 Å². The van der Waals surface area contributed by atoms with E-state index in [0.717, 1.165) is 22.5 Å². The molecule has 4 nitrogen and oxygen atoms in total. The largest absolute Gasteiger partial charge is 0.378 e. The molecule has 0 amide bonds. The van der Waals surface area contributed by atoms with Crippen LogP contribution in [0.1, 0.15) is 16.9 Å². The van der Waals surface area contributed by atoms with Gasteiger partial charge in [0.25, 0.3) is 7.37 Å². The molecule has 1 N–H and O–H groups in total. The summed E-state index contributed by atoms with van der Waals surface area (Å²) in [4.78, 5) is 2.02. The first-order chi connectivity index (χ1) is 13.4. The average molecular weight is 394 g/mol. The Balaban J connectivity index is 2.07. The highest BCUT2D eigenvalue weighted by Gasteiger charge is 2.36. The summed E-state index contributed by atoms with van der Waals surface area (Å²) < 4.78 is 19.9. The van der Waals surface area contributed by atoms with Crippen LogP contribution in [0.25, 0.3) is 0 Å². The minimum Gasteiger partial charge on any atom is -0.378 e. The van der Waals surface area contributed by atoms with Gasteiger partial charge in [-0.15, -0.1) is 0 Å². The van der Waals surface area contributed by atoms with Crippen LogP contribution in [-0.4, -0.2) is 21.2 Å². The van der Waals surface area contributed by atoms with Gasteiger partial charge in [0.05, 0.1) is 0 Å². The molecule has 0 aromatic heterocycles. The van der Waals surface area contributed by atoms with Crippen molar-refractivity contribution in [2.45, 2.75) is 12.7 Å². The van der Waals surface area contributed by atoms with E-state index in [0.29, 0.717) is 5.30 Å². The number of hydrogen-bond donors (Lipinski definition) is 1. The second-order valence-corrected chi connectivity index (χ2v) is 9.61. The molecule has 2 atom stereocenters. The van der Waals surface area contributed by atoms with Gasteiger partial charge in [-0.2, -0.15) is 0 Å². The fourth-order valence-electron chi connectivity index (χ4n) is 3.12. The molecular weight excluding hydrogens is 367 g/mol. The first kappa shape index (κ1) is 20.2. The van der Waals surface area contributed by atoms with Crippen molar-refractivity contribution in [3.63, 3.8) is 0 Å². The van der Waals surface area contributed by atoms with Crippen molar-refractivity contribution in [1.29, 1.82) is 0 Å². The van der Waals surface area contributed by atoms with E-state index in [-0.39, 0.29) is 0 Å². The molecule has 0 aliphatic carbocycles. The molecule has 3 rings (SSSR count). The summed E-state index contributed by atoms with van der Waals surface area (Å²) in [6, 6.07) is 25.6. The van der Waals surface area contributed by atoms with Gasteiger partial charge in [-0.3, -0.25) is 4.57 Å². The van der Waals surface area contributed by atoms with Crippen LogP contribution in [0.2, 0.25) is 0 Å². The van der Waals surface area contributed by atoms with Crippen LogP contribution >= 0.6 is 7.37 Å². The number of rotatable bonds is 7. The van der Waals surface area contributed by atoms with Crippen LogP contribution in [0.5, 0.6) is 0 Å². The summed E-state index contributed by atoms with van der Waals surface area (Å²) in [5.41, 5.74) is 4.03. The van der Waals surface area contributed by atoms with Crippen LogP contribution in [0.4, 0.5) is 11.4 Å². The van der Waals surface area contributed by atoms with E-state index in [4.69, 9.17) is 4.52 Å². The molecule has 0 unspecified atom stereocenters. The maximum atomic E-state index is 14.2. The Kier molecular flexibility index (Phi) is 6.23.